The highest BCUT2D eigenvalue weighted by Crippen LogP contribution is 2.31. The number of benzene rings is 1. The van der Waals surface area contributed by atoms with E-state index in [0.717, 1.165) is 25.4 Å². The van der Waals surface area contributed by atoms with Crippen LogP contribution in [0.5, 0.6) is 0 Å². The normalized spacial score (nSPS) is 10.9. The number of nitrogens with zero attached hydrogens (tertiary/aromatic N) is 2. The molecule has 3 rings (SSSR count). The van der Waals surface area contributed by atoms with Crippen LogP contribution in [0.2, 0.25) is 0 Å². The Morgan fingerprint density at radius 3 is 2.88 bits per heavy atom. The van der Waals surface area contributed by atoms with Crippen molar-refractivity contribution in [3.05, 3.63) is 46.6 Å². The summed E-state index contributed by atoms with van der Waals surface area (Å²) in [6.45, 7) is 2.08. The summed E-state index contributed by atoms with van der Waals surface area (Å²) in [5.74, 6) is 0. The molecule has 2 aromatic heterocycles. The summed E-state index contributed by atoms with van der Waals surface area (Å²) in [4.78, 5) is 9.89. The maximum absolute atomic E-state index is 4.59. The Bertz CT molecular complexity index is 658. The largest absolute Gasteiger partial charge is 0.244 e. The molecule has 2 nitrogen and oxygen atoms in total. The van der Waals surface area contributed by atoms with E-state index in [1.807, 2.05) is 12.1 Å². The van der Waals surface area contributed by atoms with Crippen LogP contribution in [-0.2, 0) is 0 Å². The molecule has 0 amide bonds. The summed E-state index contributed by atoms with van der Waals surface area (Å²) in [5, 5.41) is 1.01. The van der Waals surface area contributed by atoms with E-state index in [1.54, 1.807) is 17.5 Å². The number of thiazole rings is 1. The van der Waals surface area contributed by atoms with Crippen LogP contribution in [0.1, 0.15) is 5.56 Å². The third kappa shape index (κ3) is 1.98. The van der Waals surface area contributed by atoms with Gasteiger partial charge in [-0.2, -0.15) is 0 Å². The van der Waals surface area contributed by atoms with Gasteiger partial charge in [0, 0.05) is 16.2 Å². The van der Waals surface area contributed by atoms with Crippen molar-refractivity contribution in [3.63, 3.8) is 0 Å². The van der Waals surface area contributed by atoms with Crippen molar-refractivity contribution in [1.82, 2.24) is 9.97 Å². The van der Waals surface area contributed by atoms with Crippen molar-refractivity contribution in [3.8, 4) is 10.6 Å². The monoisotopic (exact) mass is 304 g/mol. The Morgan fingerprint density at radius 1 is 1.24 bits per heavy atom. The summed E-state index contributed by atoms with van der Waals surface area (Å²) < 4.78 is 1.11. The Hall–Kier alpha value is -1.26. The zero-order valence-corrected chi connectivity index (χ0v) is 11.5. The van der Waals surface area contributed by atoms with E-state index in [9.17, 15) is 0 Å². The highest BCUT2D eigenvalue weighted by Gasteiger charge is 2.07. The van der Waals surface area contributed by atoms with Gasteiger partial charge in [-0.1, -0.05) is 39.4 Å². The Balaban J connectivity index is 2.17. The lowest BCUT2D eigenvalue weighted by atomic mass is 10.2. The van der Waals surface area contributed by atoms with Crippen molar-refractivity contribution in [2.75, 3.05) is 0 Å². The number of halogens is 1. The maximum atomic E-state index is 4.59. The van der Waals surface area contributed by atoms with E-state index in [0.29, 0.717) is 0 Å². The van der Waals surface area contributed by atoms with Crippen LogP contribution in [0.15, 0.2) is 41.0 Å². The predicted molar refractivity (Wildman–Crippen MR) is 75.3 cm³/mol. The molecular weight excluding hydrogens is 296 g/mol. The van der Waals surface area contributed by atoms with Crippen LogP contribution in [0.4, 0.5) is 0 Å². The van der Waals surface area contributed by atoms with Gasteiger partial charge in [-0.05, 0) is 30.7 Å². The van der Waals surface area contributed by atoms with Gasteiger partial charge in [0.05, 0.1) is 0 Å². The lowest BCUT2D eigenvalue weighted by Gasteiger charge is -2.00. The molecule has 0 unspecified atom stereocenters. The number of hydrogen-bond donors (Lipinski definition) is 0. The van der Waals surface area contributed by atoms with Crippen LogP contribution in [-0.4, -0.2) is 9.97 Å². The highest BCUT2D eigenvalue weighted by atomic mass is 79.9. The zero-order chi connectivity index (χ0) is 11.8. The van der Waals surface area contributed by atoms with Gasteiger partial charge in [-0.15, -0.1) is 0 Å². The van der Waals surface area contributed by atoms with Gasteiger partial charge in [0.2, 0.25) is 0 Å². The number of pyridine rings is 1. The molecule has 0 radical (unpaired) electrons. The quantitative estimate of drug-likeness (QED) is 0.664. The van der Waals surface area contributed by atoms with E-state index in [1.165, 1.54) is 5.56 Å². The number of fused-ring (bicyclic) bond motifs is 1. The summed E-state index contributed by atoms with van der Waals surface area (Å²) in [6.07, 6.45) is 1.80. The fourth-order valence-corrected chi connectivity index (χ4v) is 2.90. The van der Waals surface area contributed by atoms with Gasteiger partial charge < -0.3 is 0 Å². The number of hydrogen-bond acceptors (Lipinski definition) is 3. The van der Waals surface area contributed by atoms with Crippen molar-refractivity contribution < 1.29 is 0 Å². The second-order valence-electron chi connectivity index (χ2n) is 3.81. The van der Waals surface area contributed by atoms with Gasteiger partial charge in [0.15, 0.2) is 0 Å². The molecule has 1 aromatic carbocycles. The van der Waals surface area contributed by atoms with Crippen LogP contribution in [0.3, 0.4) is 0 Å². The molecule has 0 aliphatic rings. The smallest absolute Gasteiger partial charge is 0.143 e. The molecule has 0 saturated carbocycles. The summed E-state index contributed by atoms with van der Waals surface area (Å²) >= 11 is 5.17. The number of aromatic nitrogens is 2. The standard InChI is InChI=1S/C13H9BrN2S/c1-8-4-5-9(7-10(8)14)12-16-11-3-2-6-15-13(11)17-12/h2-7H,1H3. The van der Waals surface area contributed by atoms with Gasteiger partial charge in [0.25, 0.3) is 0 Å². The fraction of sp³-hybridized carbons (Fsp3) is 0.0769. The van der Waals surface area contributed by atoms with Gasteiger partial charge in [-0.3, -0.25) is 0 Å². The van der Waals surface area contributed by atoms with Crippen LogP contribution in [0, 0.1) is 6.92 Å². The third-order valence-electron chi connectivity index (χ3n) is 2.59. The Morgan fingerprint density at radius 2 is 2.12 bits per heavy atom. The molecule has 4 heteroatoms. The second-order valence-corrected chi connectivity index (χ2v) is 5.64. The lowest BCUT2D eigenvalue weighted by molar-refractivity contribution is 1.39. The molecule has 0 atom stereocenters. The van der Waals surface area contributed by atoms with E-state index in [4.69, 9.17) is 0 Å². The third-order valence-corrected chi connectivity index (χ3v) is 4.47. The van der Waals surface area contributed by atoms with Gasteiger partial charge >= 0.3 is 0 Å². The molecule has 3 aromatic rings. The molecule has 0 spiro atoms. The predicted octanol–water partition coefficient (Wildman–Crippen LogP) is 4.43. The lowest BCUT2D eigenvalue weighted by Crippen LogP contribution is -1.79. The molecule has 0 fully saturated rings. The zero-order valence-electron chi connectivity index (χ0n) is 9.14. The topological polar surface area (TPSA) is 25.8 Å². The Labute approximate surface area is 111 Å². The number of rotatable bonds is 1. The molecule has 0 aliphatic heterocycles. The first kappa shape index (κ1) is 10.9. The molecule has 0 aliphatic carbocycles. The van der Waals surface area contributed by atoms with Gasteiger partial charge in [0.1, 0.15) is 15.4 Å². The van der Waals surface area contributed by atoms with E-state index in [-0.39, 0.29) is 0 Å². The minimum Gasteiger partial charge on any atom is -0.244 e. The summed E-state index contributed by atoms with van der Waals surface area (Å²) in [7, 11) is 0. The molecule has 0 N–H and O–H groups in total. The molecule has 0 saturated heterocycles. The first-order valence-corrected chi connectivity index (χ1v) is 6.83. The van der Waals surface area contributed by atoms with Crippen molar-refractivity contribution in [2.24, 2.45) is 0 Å². The van der Waals surface area contributed by atoms with Crippen molar-refractivity contribution in [1.29, 1.82) is 0 Å². The average Bonchev–Trinajstić information content (AvgIpc) is 2.76. The molecule has 84 valence electrons. The molecular formula is C13H9BrN2S. The SMILES string of the molecule is Cc1ccc(-c2nc3cccnc3s2)cc1Br. The molecule has 2 heterocycles. The van der Waals surface area contributed by atoms with E-state index < -0.39 is 0 Å². The van der Waals surface area contributed by atoms with Gasteiger partial charge in [-0.25, -0.2) is 9.97 Å². The Kier molecular flexibility index (Phi) is 2.68. The second kappa shape index (κ2) is 4.20. The maximum Gasteiger partial charge on any atom is 0.143 e. The van der Waals surface area contributed by atoms with E-state index in [2.05, 4.69) is 51.0 Å². The minimum atomic E-state index is 0.962. The van der Waals surface area contributed by atoms with Crippen LogP contribution in [0.25, 0.3) is 20.9 Å². The van der Waals surface area contributed by atoms with Crippen molar-refractivity contribution in [2.45, 2.75) is 6.92 Å². The first-order valence-electron chi connectivity index (χ1n) is 5.22. The van der Waals surface area contributed by atoms with Crippen LogP contribution >= 0.6 is 27.3 Å². The highest BCUT2D eigenvalue weighted by molar-refractivity contribution is 9.10. The molecule has 17 heavy (non-hydrogen) atoms. The number of aryl methyl sites for hydroxylation is 1. The first-order chi connectivity index (χ1) is 8.24. The minimum absolute atomic E-state index is 0.962. The van der Waals surface area contributed by atoms with Crippen molar-refractivity contribution >= 4 is 37.6 Å². The fourth-order valence-electron chi connectivity index (χ4n) is 1.62. The van der Waals surface area contributed by atoms with E-state index >= 15 is 0 Å². The summed E-state index contributed by atoms with van der Waals surface area (Å²) in [6, 6.07) is 10.2. The average molecular weight is 305 g/mol. The molecule has 0 bridgehead atoms. The summed E-state index contributed by atoms with van der Waals surface area (Å²) in [5.41, 5.74) is 3.32. The van der Waals surface area contributed by atoms with Crippen LogP contribution < -0.4 is 0 Å².